The van der Waals surface area contributed by atoms with Gasteiger partial charge in [0, 0.05) is 5.92 Å². The van der Waals surface area contributed by atoms with Gasteiger partial charge in [0.05, 0.1) is 0 Å². The molecule has 0 amide bonds. The topological polar surface area (TPSA) is 59.6 Å². The van der Waals surface area contributed by atoms with Crippen molar-refractivity contribution in [2.45, 2.75) is 44.4 Å². The van der Waals surface area contributed by atoms with Crippen molar-refractivity contribution in [1.82, 2.24) is 14.9 Å². The molecule has 0 bridgehead atoms. The Balaban J connectivity index is 2.20. The largest absolute Gasteiger partial charge is 0.335 e. The molecule has 0 spiro atoms. The quantitative estimate of drug-likeness (QED) is 0.426. The predicted molar refractivity (Wildman–Crippen MR) is 58.0 cm³/mol. The molecule has 0 unspecified atom stereocenters. The Bertz CT molecular complexity index is 346. The van der Waals surface area contributed by atoms with Crippen LogP contribution < -0.4 is 5.84 Å². The van der Waals surface area contributed by atoms with Gasteiger partial charge in [0.25, 0.3) is 0 Å². The molecular weight excluding hydrogens is 196 g/mol. The molecule has 1 aliphatic rings. The average Bonchev–Trinajstić information content (AvgIpc) is 2.47. The second kappa shape index (κ2) is 4.13. The fourth-order valence-corrected chi connectivity index (χ4v) is 2.28. The Hall–Kier alpha value is -0.840. The minimum absolute atomic E-state index is 0.496. The highest BCUT2D eigenvalue weighted by Gasteiger charge is 2.19. The summed E-state index contributed by atoms with van der Waals surface area (Å²) in [5.41, 5.74) is 0. The normalized spacial score (nSPS) is 19.4. The first kappa shape index (κ1) is 9.71. The molecule has 0 aromatic carbocycles. The zero-order valence-corrected chi connectivity index (χ0v) is 9.02. The molecule has 0 aliphatic heterocycles. The summed E-state index contributed by atoms with van der Waals surface area (Å²) in [4.78, 5) is 0. The van der Waals surface area contributed by atoms with Crippen LogP contribution >= 0.6 is 12.2 Å². The van der Waals surface area contributed by atoms with Gasteiger partial charge in [-0.2, -0.15) is 5.10 Å². The van der Waals surface area contributed by atoms with Gasteiger partial charge in [0.2, 0.25) is 4.77 Å². The predicted octanol–water partition coefficient (Wildman–Crippen LogP) is 2.09. The lowest BCUT2D eigenvalue weighted by Crippen LogP contribution is -2.16. The standard InChI is InChI=1S/C9H16N4S/c10-13-8(11-12-9(13)14)7-5-3-1-2-4-6-7/h7H,1-6,10H2,(H,12,14). The van der Waals surface area contributed by atoms with E-state index in [1.165, 1.54) is 43.2 Å². The minimum Gasteiger partial charge on any atom is -0.335 e. The zero-order valence-electron chi connectivity index (χ0n) is 8.20. The van der Waals surface area contributed by atoms with Gasteiger partial charge in [-0.05, 0) is 25.1 Å². The van der Waals surface area contributed by atoms with E-state index < -0.39 is 0 Å². The highest BCUT2D eigenvalue weighted by Crippen LogP contribution is 2.29. The second-order valence-corrected chi connectivity index (χ2v) is 4.33. The van der Waals surface area contributed by atoms with E-state index in [0.29, 0.717) is 10.7 Å². The van der Waals surface area contributed by atoms with Crippen LogP contribution in [0.3, 0.4) is 0 Å². The monoisotopic (exact) mass is 212 g/mol. The number of H-pyrrole nitrogens is 1. The Morgan fingerprint density at radius 1 is 1.29 bits per heavy atom. The summed E-state index contributed by atoms with van der Waals surface area (Å²) < 4.78 is 2.04. The maximum atomic E-state index is 5.80. The van der Waals surface area contributed by atoms with Gasteiger partial charge in [-0.15, -0.1) is 0 Å². The summed E-state index contributed by atoms with van der Waals surface area (Å²) in [7, 11) is 0. The summed E-state index contributed by atoms with van der Waals surface area (Å²) in [6.45, 7) is 0. The molecule has 0 atom stereocenters. The fourth-order valence-electron chi connectivity index (χ4n) is 2.14. The lowest BCUT2D eigenvalue weighted by molar-refractivity contribution is 0.546. The third-order valence-corrected chi connectivity index (χ3v) is 3.24. The van der Waals surface area contributed by atoms with Crippen molar-refractivity contribution in [2.24, 2.45) is 0 Å². The van der Waals surface area contributed by atoms with Crippen molar-refractivity contribution in [2.75, 3.05) is 5.84 Å². The van der Waals surface area contributed by atoms with Crippen molar-refractivity contribution >= 4 is 12.2 Å². The molecule has 0 saturated heterocycles. The molecule has 0 radical (unpaired) electrons. The molecule has 1 aliphatic carbocycles. The number of aromatic nitrogens is 3. The molecule has 14 heavy (non-hydrogen) atoms. The van der Waals surface area contributed by atoms with Gasteiger partial charge >= 0.3 is 0 Å². The van der Waals surface area contributed by atoms with Gasteiger partial charge in [-0.25, -0.2) is 4.68 Å². The summed E-state index contributed by atoms with van der Waals surface area (Å²) >= 11 is 5.00. The number of hydrogen-bond donors (Lipinski definition) is 2. The summed E-state index contributed by atoms with van der Waals surface area (Å²) in [6.07, 6.45) is 7.63. The average molecular weight is 212 g/mol. The van der Waals surface area contributed by atoms with Crippen LogP contribution in [0.15, 0.2) is 0 Å². The van der Waals surface area contributed by atoms with E-state index in [-0.39, 0.29) is 0 Å². The first-order valence-electron chi connectivity index (χ1n) is 5.21. The van der Waals surface area contributed by atoms with Gasteiger partial charge in [0.1, 0.15) is 0 Å². The highest BCUT2D eigenvalue weighted by molar-refractivity contribution is 7.71. The van der Waals surface area contributed by atoms with Crippen LogP contribution in [-0.2, 0) is 0 Å². The molecular formula is C9H16N4S. The molecule has 1 heterocycles. The summed E-state index contributed by atoms with van der Waals surface area (Å²) in [5, 5.41) is 6.95. The van der Waals surface area contributed by atoms with Gasteiger partial charge in [-0.1, -0.05) is 25.7 Å². The lowest BCUT2D eigenvalue weighted by atomic mass is 10.00. The minimum atomic E-state index is 0.496. The van der Waals surface area contributed by atoms with Crippen LogP contribution in [0.5, 0.6) is 0 Å². The van der Waals surface area contributed by atoms with E-state index in [4.69, 9.17) is 18.1 Å². The number of nitrogens with one attached hydrogen (secondary N) is 1. The summed E-state index contributed by atoms with van der Waals surface area (Å²) in [6, 6.07) is 0. The molecule has 1 aromatic heterocycles. The first-order chi connectivity index (χ1) is 6.79. The maximum absolute atomic E-state index is 5.80. The Morgan fingerprint density at radius 2 is 1.93 bits per heavy atom. The van der Waals surface area contributed by atoms with E-state index in [1.54, 1.807) is 0 Å². The molecule has 78 valence electrons. The number of hydrogen-bond acceptors (Lipinski definition) is 3. The number of aromatic amines is 1. The van der Waals surface area contributed by atoms with E-state index in [1.807, 2.05) is 0 Å². The Morgan fingerprint density at radius 3 is 2.43 bits per heavy atom. The number of nitrogens with zero attached hydrogens (tertiary/aromatic N) is 2. The third-order valence-electron chi connectivity index (χ3n) is 2.95. The Labute approximate surface area is 88.5 Å². The van der Waals surface area contributed by atoms with Crippen molar-refractivity contribution in [1.29, 1.82) is 0 Å². The van der Waals surface area contributed by atoms with E-state index in [9.17, 15) is 0 Å². The molecule has 4 nitrogen and oxygen atoms in total. The number of nitrogens with two attached hydrogens (primary N) is 1. The molecule has 1 saturated carbocycles. The molecule has 1 aromatic rings. The highest BCUT2D eigenvalue weighted by atomic mass is 32.1. The van der Waals surface area contributed by atoms with Crippen molar-refractivity contribution in [3.8, 4) is 0 Å². The zero-order chi connectivity index (χ0) is 9.97. The fraction of sp³-hybridized carbons (Fsp3) is 0.778. The SMILES string of the molecule is Nn1c(C2CCCCCC2)n[nH]c1=S. The van der Waals surface area contributed by atoms with Crippen LogP contribution in [0.25, 0.3) is 0 Å². The molecule has 3 N–H and O–H groups in total. The van der Waals surface area contributed by atoms with Crippen LogP contribution in [0.2, 0.25) is 0 Å². The number of nitrogen functional groups attached to an aromatic ring is 1. The maximum Gasteiger partial charge on any atom is 0.214 e. The third kappa shape index (κ3) is 1.82. The van der Waals surface area contributed by atoms with Crippen LogP contribution in [0.4, 0.5) is 0 Å². The van der Waals surface area contributed by atoms with Gasteiger partial charge in [0.15, 0.2) is 5.82 Å². The molecule has 5 heteroatoms. The van der Waals surface area contributed by atoms with E-state index in [0.717, 1.165) is 5.82 Å². The van der Waals surface area contributed by atoms with Crippen molar-refractivity contribution < 1.29 is 0 Å². The lowest BCUT2D eigenvalue weighted by Gasteiger charge is -2.11. The Kier molecular flexibility index (Phi) is 2.86. The molecule has 2 rings (SSSR count). The smallest absolute Gasteiger partial charge is 0.214 e. The van der Waals surface area contributed by atoms with Crippen LogP contribution in [-0.4, -0.2) is 14.9 Å². The first-order valence-corrected chi connectivity index (χ1v) is 5.62. The van der Waals surface area contributed by atoms with Crippen LogP contribution in [0, 0.1) is 4.77 Å². The van der Waals surface area contributed by atoms with Gasteiger partial charge in [-0.3, -0.25) is 5.10 Å². The van der Waals surface area contributed by atoms with Gasteiger partial charge < -0.3 is 5.84 Å². The van der Waals surface area contributed by atoms with Crippen molar-refractivity contribution in [3.63, 3.8) is 0 Å². The van der Waals surface area contributed by atoms with E-state index in [2.05, 4.69) is 10.2 Å². The van der Waals surface area contributed by atoms with Crippen LogP contribution in [0.1, 0.15) is 50.3 Å². The number of rotatable bonds is 1. The second-order valence-electron chi connectivity index (χ2n) is 3.95. The molecule has 1 fully saturated rings. The summed E-state index contributed by atoms with van der Waals surface area (Å²) in [5.74, 6) is 7.23. The van der Waals surface area contributed by atoms with Crippen molar-refractivity contribution in [3.05, 3.63) is 10.6 Å². The van der Waals surface area contributed by atoms with E-state index >= 15 is 0 Å².